The van der Waals surface area contributed by atoms with Crippen molar-refractivity contribution in [1.29, 1.82) is 0 Å². The van der Waals surface area contributed by atoms with Crippen molar-refractivity contribution in [3.8, 4) is 0 Å². The van der Waals surface area contributed by atoms with Crippen LogP contribution in [0.3, 0.4) is 0 Å². The van der Waals surface area contributed by atoms with E-state index in [1.165, 1.54) is 28.8 Å². The van der Waals surface area contributed by atoms with E-state index in [-0.39, 0.29) is 6.04 Å². The summed E-state index contributed by atoms with van der Waals surface area (Å²) in [6, 6.07) is 8.87. The molecule has 3 nitrogen and oxygen atoms in total. The zero-order valence-corrected chi connectivity index (χ0v) is 13.7. The molecule has 0 saturated heterocycles. The van der Waals surface area contributed by atoms with Gasteiger partial charge in [0.15, 0.2) is 0 Å². The van der Waals surface area contributed by atoms with Crippen LogP contribution in [0.2, 0.25) is 0 Å². The number of hydrogen-bond donors (Lipinski definition) is 1. The fourth-order valence-corrected chi connectivity index (χ4v) is 2.87. The van der Waals surface area contributed by atoms with E-state index >= 15 is 0 Å². The minimum absolute atomic E-state index is 0.0969. The van der Waals surface area contributed by atoms with E-state index in [0.717, 1.165) is 25.0 Å². The fourth-order valence-electron chi connectivity index (χ4n) is 2.87. The number of nitrogens with two attached hydrogens (primary N) is 1. The van der Waals surface area contributed by atoms with Crippen molar-refractivity contribution in [2.75, 3.05) is 0 Å². The monoisotopic (exact) mass is 285 g/mol. The third-order valence-electron chi connectivity index (χ3n) is 4.31. The molecule has 1 aromatic carbocycles. The number of hydrogen-bond acceptors (Lipinski definition) is 2. The van der Waals surface area contributed by atoms with E-state index in [9.17, 15) is 0 Å². The van der Waals surface area contributed by atoms with E-state index in [0.29, 0.717) is 0 Å². The maximum Gasteiger partial charge on any atom is 0.0628 e. The summed E-state index contributed by atoms with van der Waals surface area (Å²) in [5, 5.41) is 4.47. The summed E-state index contributed by atoms with van der Waals surface area (Å²) >= 11 is 0. The summed E-state index contributed by atoms with van der Waals surface area (Å²) in [5.41, 5.74) is 12.7. The fraction of sp³-hybridized carbons (Fsp3) is 0.500. The molecule has 0 radical (unpaired) electrons. The van der Waals surface area contributed by atoms with E-state index in [1.807, 2.05) is 11.7 Å². The summed E-state index contributed by atoms with van der Waals surface area (Å²) in [6.07, 6.45) is 4.28. The average molecular weight is 285 g/mol. The van der Waals surface area contributed by atoms with Crippen LogP contribution in [0.5, 0.6) is 0 Å². The molecule has 1 unspecified atom stereocenters. The Morgan fingerprint density at radius 3 is 2.33 bits per heavy atom. The number of rotatable bonds is 6. The molecular formula is C18H27N3. The largest absolute Gasteiger partial charge is 0.324 e. The standard InChI is InChI=1S/C18H27N3/c1-5-6-15-7-9-16(10-8-15)18(19)12-11-17-13(2)20-21(4)14(17)3/h7-10,18H,5-6,11-12,19H2,1-4H3. The predicted octanol–water partition coefficient (Wildman–Crippen LogP) is 3.62. The minimum Gasteiger partial charge on any atom is -0.324 e. The SMILES string of the molecule is CCCc1ccc(C(N)CCc2c(C)nn(C)c2C)cc1. The highest BCUT2D eigenvalue weighted by Gasteiger charge is 2.12. The van der Waals surface area contributed by atoms with E-state index < -0.39 is 0 Å². The van der Waals surface area contributed by atoms with Gasteiger partial charge >= 0.3 is 0 Å². The molecule has 0 aliphatic heterocycles. The minimum atomic E-state index is 0.0969. The Bertz CT molecular complexity index is 581. The van der Waals surface area contributed by atoms with Gasteiger partial charge in [-0.2, -0.15) is 5.10 Å². The van der Waals surface area contributed by atoms with Crippen LogP contribution in [0.4, 0.5) is 0 Å². The van der Waals surface area contributed by atoms with Crippen molar-refractivity contribution in [1.82, 2.24) is 9.78 Å². The summed E-state index contributed by atoms with van der Waals surface area (Å²) in [4.78, 5) is 0. The molecular weight excluding hydrogens is 258 g/mol. The maximum atomic E-state index is 6.35. The Hall–Kier alpha value is -1.61. The van der Waals surface area contributed by atoms with Crippen LogP contribution < -0.4 is 5.73 Å². The van der Waals surface area contributed by atoms with Crippen molar-refractivity contribution in [3.63, 3.8) is 0 Å². The van der Waals surface area contributed by atoms with E-state index in [2.05, 4.69) is 50.1 Å². The first-order valence-electron chi connectivity index (χ1n) is 7.86. The highest BCUT2D eigenvalue weighted by atomic mass is 15.3. The topological polar surface area (TPSA) is 43.8 Å². The van der Waals surface area contributed by atoms with Crippen molar-refractivity contribution < 1.29 is 0 Å². The van der Waals surface area contributed by atoms with Gasteiger partial charge in [-0.3, -0.25) is 4.68 Å². The predicted molar refractivity (Wildman–Crippen MR) is 88.4 cm³/mol. The zero-order chi connectivity index (χ0) is 15.4. The summed E-state index contributed by atoms with van der Waals surface area (Å²) in [5.74, 6) is 0. The van der Waals surface area contributed by atoms with Gasteiger partial charge in [0.2, 0.25) is 0 Å². The van der Waals surface area contributed by atoms with Gasteiger partial charge in [0.1, 0.15) is 0 Å². The molecule has 0 saturated carbocycles. The maximum absolute atomic E-state index is 6.35. The van der Waals surface area contributed by atoms with Gasteiger partial charge in [-0.15, -0.1) is 0 Å². The highest BCUT2D eigenvalue weighted by Crippen LogP contribution is 2.21. The van der Waals surface area contributed by atoms with Crippen LogP contribution >= 0.6 is 0 Å². The Kier molecular flexibility index (Phi) is 5.18. The smallest absolute Gasteiger partial charge is 0.0628 e. The van der Waals surface area contributed by atoms with Crippen LogP contribution in [0, 0.1) is 13.8 Å². The third kappa shape index (κ3) is 3.73. The van der Waals surface area contributed by atoms with Gasteiger partial charge in [-0.1, -0.05) is 37.6 Å². The van der Waals surface area contributed by atoms with Gasteiger partial charge in [-0.05, 0) is 49.8 Å². The second kappa shape index (κ2) is 6.90. The molecule has 2 N–H and O–H groups in total. The Morgan fingerprint density at radius 1 is 1.14 bits per heavy atom. The third-order valence-corrected chi connectivity index (χ3v) is 4.31. The number of benzene rings is 1. The van der Waals surface area contributed by atoms with E-state index in [1.54, 1.807) is 0 Å². The van der Waals surface area contributed by atoms with Gasteiger partial charge < -0.3 is 5.73 Å². The second-order valence-electron chi connectivity index (χ2n) is 5.91. The highest BCUT2D eigenvalue weighted by molar-refractivity contribution is 5.27. The zero-order valence-electron chi connectivity index (χ0n) is 13.7. The van der Waals surface area contributed by atoms with Crippen LogP contribution in [0.25, 0.3) is 0 Å². The average Bonchev–Trinajstić information content (AvgIpc) is 2.71. The number of nitrogens with zero attached hydrogens (tertiary/aromatic N) is 2. The first kappa shape index (κ1) is 15.8. The van der Waals surface area contributed by atoms with Crippen molar-refractivity contribution in [3.05, 3.63) is 52.3 Å². The lowest BCUT2D eigenvalue weighted by atomic mass is 9.97. The second-order valence-corrected chi connectivity index (χ2v) is 5.91. The number of aromatic nitrogens is 2. The first-order valence-corrected chi connectivity index (χ1v) is 7.86. The first-order chi connectivity index (χ1) is 10.0. The molecule has 0 aliphatic carbocycles. The molecule has 1 aromatic heterocycles. The normalized spacial score (nSPS) is 12.6. The Labute approximate surface area is 128 Å². The van der Waals surface area contributed by atoms with Crippen LogP contribution in [-0.2, 0) is 19.9 Å². The molecule has 21 heavy (non-hydrogen) atoms. The molecule has 3 heteroatoms. The van der Waals surface area contributed by atoms with Gasteiger partial charge in [-0.25, -0.2) is 0 Å². The molecule has 0 aliphatic rings. The molecule has 0 fully saturated rings. The molecule has 114 valence electrons. The van der Waals surface area contributed by atoms with Crippen molar-refractivity contribution in [2.45, 2.75) is 52.5 Å². The molecule has 0 spiro atoms. The van der Waals surface area contributed by atoms with Crippen LogP contribution in [0.1, 0.15) is 53.9 Å². The molecule has 0 bridgehead atoms. The Balaban J connectivity index is 1.99. The Morgan fingerprint density at radius 2 is 1.81 bits per heavy atom. The molecule has 1 heterocycles. The lowest BCUT2D eigenvalue weighted by Crippen LogP contribution is -2.11. The lowest BCUT2D eigenvalue weighted by molar-refractivity contribution is 0.647. The quantitative estimate of drug-likeness (QED) is 0.881. The van der Waals surface area contributed by atoms with Crippen molar-refractivity contribution >= 4 is 0 Å². The van der Waals surface area contributed by atoms with Crippen molar-refractivity contribution in [2.24, 2.45) is 12.8 Å². The summed E-state index contributed by atoms with van der Waals surface area (Å²) in [7, 11) is 2.00. The summed E-state index contributed by atoms with van der Waals surface area (Å²) < 4.78 is 1.95. The number of aryl methyl sites for hydroxylation is 3. The van der Waals surface area contributed by atoms with Gasteiger partial charge in [0, 0.05) is 18.8 Å². The summed E-state index contributed by atoms with van der Waals surface area (Å²) in [6.45, 7) is 6.41. The van der Waals surface area contributed by atoms with Crippen LogP contribution in [0.15, 0.2) is 24.3 Å². The molecule has 1 atom stereocenters. The van der Waals surface area contributed by atoms with Gasteiger partial charge in [0.25, 0.3) is 0 Å². The van der Waals surface area contributed by atoms with Crippen LogP contribution in [-0.4, -0.2) is 9.78 Å². The molecule has 2 rings (SSSR count). The lowest BCUT2D eigenvalue weighted by Gasteiger charge is -2.13. The van der Waals surface area contributed by atoms with E-state index in [4.69, 9.17) is 5.73 Å². The van der Waals surface area contributed by atoms with Gasteiger partial charge in [0.05, 0.1) is 5.69 Å². The molecule has 0 amide bonds. The molecule has 2 aromatic rings.